The fourth-order valence-electron chi connectivity index (χ4n) is 2.36. The van der Waals surface area contributed by atoms with Crippen LogP contribution in [-0.4, -0.2) is 29.5 Å². The number of anilines is 1. The number of amides is 1. The van der Waals surface area contributed by atoms with E-state index in [9.17, 15) is 4.79 Å². The van der Waals surface area contributed by atoms with Crippen LogP contribution in [0.2, 0.25) is 0 Å². The third kappa shape index (κ3) is 2.96. The minimum absolute atomic E-state index is 0.236. The van der Waals surface area contributed by atoms with Crippen molar-refractivity contribution >= 4 is 17.2 Å². The standard InChI is InChI=1S/C17H17N3O3/c1-11-10-20-7-6-12(8-16(20)18-11)17(21)19-14-9-13(22-2)4-5-15(14)23-3/h4-10H,1-3H3,(H,19,21). The Hall–Kier alpha value is -3.02. The number of aromatic nitrogens is 2. The van der Waals surface area contributed by atoms with Crippen molar-refractivity contribution in [2.75, 3.05) is 19.5 Å². The molecule has 23 heavy (non-hydrogen) atoms. The molecule has 0 aliphatic carbocycles. The number of nitrogens with one attached hydrogen (secondary N) is 1. The Morgan fingerprint density at radius 1 is 1.17 bits per heavy atom. The van der Waals surface area contributed by atoms with Gasteiger partial charge in [0.2, 0.25) is 0 Å². The summed E-state index contributed by atoms with van der Waals surface area (Å²) in [5.41, 5.74) is 2.70. The molecule has 0 unspecified atom stereocenters. The number of imidazole rings is 1. The zero-order valence-electron chi connectivity index (χ0n) is 13.2. The second kappa shape index (κ2) is 6.00. The number of nitrogens with zero attached hydrogens (tertiary/aromatic N) is 2. The average Bonchev–Trinajstić information content (AvgIpc) is 2.93. The smallest absolute Gasteiger partial charge is 0.255 e. The summed E-state index contributed by atoms with van der Waals surface area (Å²) in [6.07, 6.45) is 3.72. The molecule has 0 aliphatic heterocycles. The summed E-state index contributed by atoms with van der Waals surface area (Å²) in [7, 11) is 3.12. The molecule has 3 aromatic rings. The number of benzene rings is 1. The Kier molecular flexibility index (Phi) is 3.89. The van der Waals surface area contributed by atoms with Gasteiger partial charge in [0.15, 0.2) is 0 Å². The second-order valence-electron chi connectivity index (χ2n) is 5.08. The predicted molar refractivity (Wildman–Crippen MR) is 87.4 cm³/mol. The zero-order valence-corrected chi connectivity index (χ0v) is 13.2. The molecule has 3 rings (SSSR count). The summed E-state index contributed by atoms with van der Waals surface area (Å²) in [4.78, 5) is 16.9. The largest absolute Gasteiger partial charge is 0.497 e. The predicted octanol–water partition coefficient (Wildman–Crippen LogP) is 2.91. The monoisotopic (exact) mass is 311 g/mol. The first kappa shape index (κ1) is 14.9. The van der Waals surface area contributed by atoms with Gasteiger partial charge in [-0.05, 0) is 31.2 Å². The van der Waals surface area contributed by atoms with Crippen LogP contribution in [-0.2, 0) is 0 Å². The Morgan fingerprint density at radius 3 is 2.74 bits per heavy atom. The summed E-state index contributed by atoms with van der Waals surface area (Å²) in [6, 6.07) is 8.73. The van der Waals surface area contributed by atoms with Crippen molar-refractivity contribution in [2.45, 2.75) is 6.92 Å². The third-order valence-corrected chi connectivity index (χ3v) is 3.50. The number of rotatable bonds is 4. The number of carbonyl (C=O) groups is 1. The fourth-order valence-corrected chi connectivity index (χ4v) is 2.36. The van der Waals surface area contributed by atoms with Gasteiger partial charge in [-0.2, -0.15) is 0 Å². The number of carbonyl (C=O) groups excluding carboxylic acids is 1. The highest BCUT2D eigenvalue weighted by Gasteiger charge is 2.12. The number of aryl methyl sites for hydroxylation is 1. The molecule has 0 bridgehead atoms. The van der Waals surface area contributed by atoms with Gasteiger partial charge in [-0.1, -0.05) is 0 Å². The molecule has 0 saturated heterocycles. The number of ether oxygens (including phenoxy) is 2. The van der Waals surface area contributed by atoms with Crippen LogP contribution in [0, 0.1) is 6.92 Å². The van der Waals surface area contributed by atoms with Gasteiger partial charge >= 0.3 is 0 Å². The summed E-state index contributed by atoms with van der Waals surface area (Å²) < 4.78 is 12.3. The molecule has 0 aliphatic rings. The maximum absolute atomic E-state index is 12.5. The molecule has 1 amide bonds. The third-order valence-electron chi connectivity index (χ3n) is 3.50. The Morgan fingerprint density at radius 2 is 2.00 bits per heavy atom. The van der Waals surface area contributed by atoms with Crippen molar-refractivity contribution in [1.29, 1.82) is 0 Å². The lowest BCUT2D eigenvalue weighted by Crippen LogP contribution is -2.13. The molecule has 0 radical (unpaired) electrons. The van der Waals surface area contributed by atoms with Crippen molar-refractivity contribution in [3.05, 3.63) is 54.0 Å². The number of hydrogen-bond donors (Lipinski definition) is 1. The van der Waals surface area contributed by atoms with Crippen LogP contribution >= 0.6 is 0 Å². The molecule has 1 N–H and O–H groups in total. The summed E-state index contributed by atoms with van der Waals surface area (Å²) in [5.74, 6) is 0.969. The van der Waals surface area contributed by atoms with E-state index in [2.05, 4.69) is 10.3 Å². The van der Waals surface area contributed by atoms with E-state index >= 15 is 0 Å². The Labute approximate surface area is 133 Å². The molecule has 6 nitrogen and oxygen atoms in total. The van der Waals surface area contributed by atoms with Crippen molar-refractivity contribution < 1.29 is 14.3 Å². The van der Waals surface area contributed by atoms with E-state index in [0.29, 0.717) is 22.7 Å². The number of pyridine rings is 1. The van der Waals surface area contributed by atoms with E-state index in [1.807, 2.05) is 23.7 Å². The molecule has 118 valence electrons. The average molecular weight is 311 g/mol. The van der Waals surface area contributed by atoms with Crippen LogP contribution in [0.1, 0.15) is 16.1 Å². The van der Waals surface area contributed by atoms with Gasteiger partial charge < -0.3 is 19.2 Å². The maximum atomic E-state index is 12.5. The lowest BCUT2D eigenvalue weighted by atomic mass is 10.2. The van der Waals surface area contributed by atoms with Gasteiger partial charge in [-0.15, -0.1) is 0 Å². The van der Waals surface area contributed by atoms with Gasteiger partial charge in [0.05, 0.1) is 25.6 Å². The minimum Gasteiger partial charge on any atom is -0.497 e. The van der Waals surface area contributed by atoms with Gasteiger partial charge in [-0.25, -0.2) is 4.98 Å². The van der Waals surface area contributed by atoms with E-state index in [0.717, 1.165) is 11.3 Å². The van der Waals surface area contributed by atoms with E-state index in [4.69, 9.17) is 9.47 Å². The van der Waals surface area contributed by atoms with Crippen LogP contribution < -0.4 is 14.8 Å². The SMILES string of the molecule is COc1ccc(OC)c(NC(=O)c2ccn3cc(C)nc3c2)c1. The lowest BCUT2D eigenvalue weighted by molar-refractivity contribution is 0.102. The van der Waals surface area contributed by atoms with Crippen molar-refractivity contribution in [3.63, 3.8) is 0 Å². The van der Waals surface area contributed by atoms with Gasteiger partial charge in [0, 0.05) is 24.0 Å². The quantitative estimate of drug-likeness (QED) is 0.804. The van der Waals surface area contributed by atoms with Gasteiger partial charge in [-0.3, -0.25) is 4.79 Å². The van der Waals surface area contributed by atoms with Crippen LogP contribution in [0.25, 0.3) is 5.65 Å². The highest BCUT2D eigenvalue weighted by Crippen LogP contribution is 2.29. The molecule has 2 heterocycles. The highest BCUT2D eigenvalue weighted by atomic mass is 16.5. The van der Waals surface area contributed by atoms with Gasteiger partial charge in [0.25, 0.3) is 5.91 Å². The van der Waals surface area contributed by atoms with Crippen LogP contribution in [0.5, 0.6) is 11.5 Å². The minimum atomic E-state index is -0.236. The molecule has 1 aromatic carbocycles. The van der Waals surface area contributed by atoms with Gasteiger partial charge in [0.1, 0.15) is 17.1 Å². The molecule has 0 fully saturated rings. The summed E-state index contributed by atoms with van der Waals surface area (Å²) in [5, 5.41) is 2.84. The van der Waals surface area contributed by atoms with Crippen molar-refractivity contribution in [1.82, 2.24) is 9.38 Å². The summed E-state index contributed by atoms with van der Waals surface area (Å²) in [6.45, 7) is 1.91. The first-order valence-corrected chi connectivity index (χ1v) is 7.09. The molecule has 2 aromatic heterocycles. The molecule has 6 heteroatoms. The second-order valence-corrected chi connectivity index (χ2v) is 5.08. The number of fused-ring (bicyclic) bond motifs is 1. The van der Waals surface area contributed by atoms with E-state index in [1.54, 1.807) is 44.6 Å². The first-order chi connectivity index (χ1) is 11.1. The zero-order chi connectivity index (χ0) is 16.4. The number of hydrogen-bond acceptors (Lipinski definition) is 4. The van der Waals surface area contributed by atoms with E-state index in [-0.39, 0.29) is 5.91 Å². The molecular weight excluding hydrogens is 294 g/mol. The molecule has 0 saturated carbocycles. The van der Waals surface area contributed by atoms with Crippen LogP contribution in [0.4, 0.5) is 5.69 Å². The first-order valence-electron chi connectivity index (χ1n) is 7.09. The normalized spacial score (nSPS) is 10.6. The van der Waals surface area contributed by atoms with Crippen LogP contribution in [0.15, 0.2) is 42.7 Å². The molecule has 0 spiro atoms. The topological polar surface area (TPSA) is 64.9 Å². The van der Waals surface area contributed by atoms with E-state index < -0.39 is 0 Å². The van der Waals surface area contributed by atoms with Crippen molar-refractivity contribution in [2.24, 2.45) is 0 Å². The highest BCUT2D eigenvalue weighted by molar-refractivity contribution is 6.05. The maximum Gasteiger partial charge on any atom is 0.255 e. The van der Waals surface area contributed by atoms with E-state index in [1.165, 1.54) is 0 Å². The molecule has 0 atom stereocenters. The Bertz CT molecular complexity index is 871. The number of methoxy groups -OCH3 is 2. The fraction of sp³-hybridized carbons (Fsp3) is 0.176. The summed E-state index contributed by atoms with van der Waals surface area (Å²) >= 11 is 0. The van der Waals surface area contributed by atoms with Crippen molar-refractivity contribution in [3.8, 4) is 11.5 Å². The Balaban J connectivity index is 1.90. The lowest BCUT2D eigenvalue weighted by Gasteiger charge is -2.11. The molecular formula is C17H17N3O3. The van der Waals surface area contributed by atoms with Crippen LogP contribution in [0.3, 0.4) is 0 Å².